The summed E-state index contributed by atoms with van der Waals surface area (Å²) >= 11 is 0. The van der Waals surface area contributed by atoms with E-state index in [0.29, 0.717) is 42.0 Å². The SMILES string of the molecule is CCC(=O)Nc1cccc(C(=O)Nc2cccc(C(=O)N(CC)CC)c2)c1. The Bertz CT molecular complexity index is 829. The van der Waals surface area contributed by atoms with Crippen molar-refractivity contribution in [3.8, 4) is 0 Å². The standard InChI is InChI=1S/C21H25N3O3/c1-4-19(25)22-17-11-7-9-15(13-17)20(26)23-18-12-8-10-16(14-18)21(27)24(5-2)6-3/h7-14H,4-6H2,1-3H3,(H,22,25)(H,23,26). The van der Waals surface area contributed by atoms with E-state index in [0.717, 1.165) is 0 Å². The lowest BCUT2D eigenvalue weighted by molar-refractivity contribution is -0.115. The van der Waals surface area contributed by atoms with E-state index in [4.69, 9.17) is 0 Å². The summed E-state index contributed by atoms with van der Waals surface area (Å²) in [7, 11) is 0. The molecule has 2 N–H and O–H groups in total. The van der Waals surface area contributed by atoms with Gasteiger partial charge in [0.25, 0.3) is 11.8 Å². The van der Waals surface area contributed by atoms with Crippen molar-refractivity contribution < 1.29 is 14.4 Å². The van der Waals surface area contributed by atoms with Crippen LogP contribution in [-0.2, 0) is 4.79 Å². The summed E-state index contributed by atoms with van der Waals surface area (Å²) in [6.07, 6.45) is 0.365. The van der Waals surface area contributed by atoms with Crippen LogP contribution < -0.4 is 10.6 Å². The average Bonchev–Trinajstić information content (AvgIpc) is 2.69. The molecule has 0 bridgehead atoms. The molecule has 0 fully saturated rings. The third kappa shape index (κ3) is 5.41. The number of amides is 3. The number of benzene rings is 2. The van der Waals surface area contributed by atoms with E-state index in [1.807, 2.05) is 13.8 Å². The van der Waals surface area contributed by atoms with Gasteiger partial charge in [0, 0.05) is 42.0 Å². The first-order valence-electron chi connectivity index (χ1n) is 9.09. The van der Waals surface area contributed by atoms with Crippen LogP contribution in [0.3, 0.4) is 0 Å². The first-order chi connectivity index (χ1) is 13.0. The summed E-state index contributed by atoms with van der Waals surface area (Å²) in [5, 5.41) is 5.53. The number of carbonyl (C=O) groups is 3. The molecule has 0 radical (unpaired) electrons. The Morgan fingerprint density at radius 2 is 1.37 bits per heavy atom. The van der Waals surface area contributed by atoms with Crippen LogP contribution in [-0.4, -0.2) is 35.7 Å². The van der Waals surface area contributed by atoms with Gasteiger partial charge in [0.05, 0.1) is 0 Å². The fourth-order valence-electron chi connectivity index (χ4n) is 2.61. The van der Waals surface area contributed by atoms with Gasteiger partial charge in [-0.25, -0.2) is 0 Å². The van der Waals surface area contributed by atoms with Crippen molar-refractivity contribution in [2.45, 2.75) is 27.2 Å². The molecule has 27 heavy (non-hydrogen) atoms. The predicted molar refractivity (Wildman–Crippen MR) is 107 cm³/mol. The van der Waals surface area contributed by atoms with Crippen molar-refractivity contribution in [2.24, 2.45) is 0 Å². The molecule has 0 saturated carbocycles. The van der Waals surface area contributed by atoms with E-state index in [9.17, 15) is 14.4 Å². The maximum atomic E-state index is 12.5. The van der Waals surface area contributed by atoms with Crippen LogP contribution in [0.5, 0.6) is 0 Å². The van der Waals surface area contributed by atoms with Gasteiger partial charge in [-0.2, -0.15) is 0 Å². The zero-order chi connectivity index (χ0) is 19.8. The van der Waals surface area contributed by atoms with Gasteiger partial charge in [-0.1, -0.05) is 19.1 Å². The minimum Gasteiger partial charge on any atom is -0.339 e. The first-order valence-corrected chi connectivity index (χ1v) is 9.09. The van der Waals surface area contributed by atoms with Crippen LogP contribution in [0.2, 0.25) is 0 Å². The topological polar surface area (TPSA) is 78.5 Å². The summed E-state index contributed by atoms with van der Waals surface area (Å²) in [6, 6.07) is 13.6. The van der Waals surface area contributed by atoms with E-state index in [1.54, 1.807) is 60.4 Å². The van der Waals surface area contributed by atoms with Crippen LogP contribution in [0.25, 0.3) is 0 Å². The molecule has 0 saturated heterocycles. The van der Waals surface area contributed by atoms with Crippen molar-refractivity contribution in [1.29, 1.82) is 0 Å². The van der Waals surface area contributed by atoms with Crippen molar-refractivity contribution >= 4 is 29.1 Å². The number of hydrogen-bond donors (Lipinski definition) is 2. The second kappa shape index (κ2) is 9.52. The summed E-state index contributed by atoms with van der Waals surface area (Å²) in [5.41, 5.74) is 2.06. The lowest BCUT2D eigenvalue weighted by atomic mass is 10.1. The molecule has 142 valence electrons. The van der Waals surface area contributed by atoms with Crippen LogP contribution in [0.1, 0.15) is 47.9 Å². The smallest absolute Gasteiger partial charge is 0.255 e. The van der Waals surface area contributed by atoms with Crippen molar-refractivity contribution in [1.82, 2.24) is 4.90 Å². The number of nitrogens with zero attached hydrogens (tertiary/aromatic N) is 1. The molecular formula is C21H25N3O3. The molecule has 0 heterocycles. The van der Waals surface area contributed by atoms with E-state index in [2.05, 4.69) is 10.6 Å². The molecule has 0 aliphatic carbocycles. The fourth-order valence-corrected chi connectivity index (χ4v) is 2.61. The molecule has 0 aliphatic heterocycles. The van der Waals surface area contributed by atoms with Crippen LogP contribution in [0.4, 0.5) is 11.4 Å². The van der Waals surface area contributed by atoms with Crippen LogP contribution in [0, 0.1) is 0 Å². The molecule has 6 heteroatoms. The Morgan fingerprint density at radius 3 is 1.96 bits per heavy atom. The molecule has 2 aromatic rings. The number of nitrogens with one attached hydrogen (secondary N) is 2. The molecule has 0 aromatic heterocycles. The van der Waals surface area contributed by atoms with Gasteiger partial charge in [0.2, 0.25) is 5.91 Å². The third-order valence-electron chi connectivity index (χ3n) is 4.15. The maximum absolute atomic E-state index is 12.5. The van der Waals surface area contributed by atoms with Gasteiger partial charge in [0.1, 0.15) is 0 Å². The summed E-state index contributed by atoms with van der Waals surface area (Å²) in [4.78, 5) is 38.2. The Hall–Kier alpha value is -3.15. The first kappa shape index (κ1) is 20.2. The quantitative estimate of drug-likeness (QED) is 0.782. The predicted octanol–water partition coefficient (Wildman–Crippen LogP) is 3.77. The van der Waals surface area contributed by atoms with Gasteiger partial charge >= 0.3 is 0 Å². The van der Waals surface area contributed by atoms with Gasteiger partial charge in [-0.05, 0) is 50.2 Å². The second-order valence-corrected chi connectivity index (χ2v) is 5.99. The van der Waals surface area contributed by atoms with E-state index in [-0.39, 0.29) is 17.7 Å². The van der Waals surface area contributed by atoms with E-state index < -0.39 is 0 Å². The lowest BCUT2D eigenvalue weighted by Crippen LogP contribution is -2.30. The summed E-state index contributed by atoms with van der Waals surface area (Å²) < 4.78 is 0. The molecule has 0 unspecified atom stereocenters. The number of rotatable bonds is 7. The number of hydrogen-bond acceptors (Lipinski definition) is 3. The minimum atomic E-state index is -0.310. The maximum Gasteiger partial charge on any atom is 0.255 e. The highest BCUT2D eigenvalue weighted by atomic mass is 16.2. The van der Waals surface area contributed by atoms with Crippen molar-refractivity contribution in [2.75, 3.05) is 23.7 Å². The third-order valence-corrected chi connectivity index (χ3v) is 4.15. The van der Waals surface area contributed by atoms with E-state index >= 15 is 0 Å². The zero-order valence-electron chi connectivity index (χ0n) is 15.9. The van der Waals surface area contributed by atoms with Crippen molar-refractivity contribution in [3.05, 3.63) is 59.7 Å². The van der Waals surface area contributed by atoms with Gasteiger partial charge in [-0.15, -0.1) is 0 Å². The molecule has 3 amide bonds. The Labute approximate surface area is 159 Å². The van der Waals surface area contributed by atoms with Gasteiger partial charge in [-0.3, -0.25) is 14.4 Å². The normalized spacial score (nSPS) is 10.2. The Kier molecular flexibility index (Phi) is 7.11. The van der Waals surface area contributed by atoms with Gasteiger partial charge in [0.15, 0.2) is 0 Å². The van der Waals surface area contributed by atoms with Crippen molar-refractivity contribution in [3.63, 3.8) is 0 Å². The largest absolute Gasteiger partial charge is 0.339 e. The van der Waals surface area contributed by atoms with Gasteiger partial charge < -0.3 is 15.5 Å². The lowest BCUT2D eigenvalue weighted by Gasteiger charge is -2.19. The number of carbonyl (C=O) groups excluding carboxylic acids is 3. The van der Waals surface area contributed by atoms with Crippen LogP contribution >= 0.6 is 0 Å². The number of anilines is 2. The Balaban J connectivity index is 2.14. The summed E-state index contributed by atoms with van der Waals surface area (Å²) in [5.74, 6) is -0.495. The Morgan fingerprint density at radius 1 is 0.815 bits per heavy atom. The molecule has 0 aliphatic rings. The van der Waals surface area contributed by atoms with E-state index in [1.165, 1.54) is 0 Å². The molecule has 6 nitrogen and oxygen atoms in total. The fraction of sp³-hybridized carbons (Fsp3) is 0.286. The highest BCUT2D eigenvalue weighted by Crippen LogP contribution is 2.16. The minimum absolute atomic E-state index is 0.0691. The molecule has 0 spiro atoms. The summed E-state index contributed by atoms with van der Waals surface area (Å²) in [6.45, 7) is 6.87. The van der Waals surface area contributed by atoms with Crippen LogP contribution in [0.15, 0.2) is 48.5 Å². The molecule has 2 aromatic carbocycles. The molecule has 2 rings (SSSR count). The average molecular weight is 367 g/mol. The molecular weight excluding hydrogens is 342 g/mol. The monoisotopic (exact) mass is 367 g/mol. The zero-order valence-corrected chi connectivity index (χ0v) is 15.9. The second-order valence-electron chi connectivity index (χ2n) is 5.99. The highest BCUT2D eigenvalue weighted by Gasteiger charge is 2.14. The highest BCUT2D eigenvalue weighted by molar-refractivity contribution is 6.06. The molecule has 0 atom stereocenters.